The standard InChI is InChI=1S/C23H20ClN3OS/c24-19-11-5-4-10-18(19)14-25-22(28)16-29-23-26-20-12-6-7-13-21(20)27(23)15-17-8-2-1-3-9-17/h1-13H,14-16H2,(H,25,28). The zero-order valence-electron chi connectivity index (χ0n) is 15.7. The number of benzene rings is 3. The van der Waals surface area contributed by atoms with Crippen molar-refractivity contribution in [2.45, 2.75) is 18.2 Å². The van der Waals surface area contributed by atoms with Gasteiger partial charge in [0.2, 0.25) is 5.91 Å². The maximum Gasteiger partial charge on any atom is 0.230 e. The minimum Gasteiger partial charge on any atom is -0.351 e. The van der Waals surface area contributed by atoms with E-state index in [-0.39, 0.29) is 5.91 Å². The Morgan fingerprint density at radius 3 is 2.52 bits per heavy atom. The molecule has 0 unspecified atom stereocenters. The fraction of sp³-hybridized carbons (Fsp3) is 0.130. The lowest BCUT2D eigenvalue weighted by Gasteiger charge is -2.10. The third-order valence-corrected chi connectivity index (χ3v) is 5.91. The van der Waals surface area contributed by atoms with Crippen molar-refractivity contribution in [1.82, 2.24) is 14.9 Å². The lowest BCUT2D eigenvalue weighted by Crippen LogP contribution is -2.24. The predicted molar refractivity (Wildman–Crippen MR) is 119 cm³/mol. The first-order chi connectivity index (χ1) is 14.2. The van der Waals surface area contributed by atoms with Crippen LogP contribution in [0, 0.1) is 0 Å². The minimum absolute atomic E-state index is 0.0479. The Morgan fingerprint density at radius 2 is 1.69 bits per heavy atom. The number of halogens is 1. The summed E-state index contributed by atoms with van der Waals surface area (Å²) in [4.78, 5) is 17.1. The van der Waals surface area contributed by atoms with Gasteiger partial charge in [-0.1, -0.05) is 84.0 Å². The van der Waals surface area contributed by atoms with E-state index in [1.165, 1.54) is 17.3 Å². The summed E-state index contributed by atoms with van der Waals surface area (Å²) in [5.74, 6) is 0.246. The van der Waals surface area contributed by atoms with Gasteiger partial charge in [-0.3, -0.25) is 4.79 Å². The maximum atomic E-state index is 12.4. The quantitative estimate of drug-likeness (QED) is 0.420. The summed E-state index contributed by atoms with van der Waals surface area (Å²) in [6, 6.07) is 25.8. The van der Waals surface area contributed by atoms with Crippen LogP contribution in [0.3, 0.4) is 0 Å². The van der Waals surface area contributed by atoms with Crippen LogP contribution in [0.5, 0.6) is 0 Å². The number of thioether (sulfide) groups is 1. The molecule has 6 heteroatoms. The first-order valence-electron chi connectivity index (χ1n) is 9.33. The van der Waals surface area contributed by atoms with Crippen LogP contribution in [0.4, 0.5) is 0 Å². The van der Waals surface area contributed by atoms with Crippen LogP contribution < -0.4 is 5.32 Å². The number of nitrogens with zero attached hydrogens (tertiary/aromatic N) is 2. The number of rotatable bonds is 7. The molecule has 0 bridgehead atoms. The second kappa shape index (κ2) is 9.16. The molecule has 1 aromatic heterocycles. The number of para-hydroxylation sites is 2. The topological polar surface area (TPSA) is 46.9 Å². The minimum atomic E-state index is -0.0479. The van der Waals surface area contributed by atoms with Crippen molar-refractivity contribution < 1.29 is 4.79 Å². The van der Waals surface area contributed by atoms with Crippen molar-refractivity contribution in [2.24, 2.45) is 0 Å². The molecule has 0 aliphatic carbocycles. The van der Waals surface area contributed by atoms with Crippen LogP contribution in [-0.4, -0.2) is 21.2 Å². The van der Waals surface area contributed by atoms with E-state index in [0.717, 1.165) is 21.8 Å². The summed E-state index contributed by atoms with van der Waals surface area (Å²) in [7, 11) is 0. The van der Waals surface area contributed by atoms with Crippen molar-refractivity contribution in [3.05, 3.63) is 95.0 Å². The summed E-state index contributed by atoms with van der Waals surface area (Å²) < 4.78 is 2.16. The second-order valence-corrected chi connectivity index (χ2v) is 7.96. The number of carbonyl (C=O) groups is 1. The van der Waals surface area contributed by atoms with Crippen molar-refractivity contribution in [2.75, 3.05) is 5.75 Å². The van der Waals surface area contributed by atoms with Crippen LogP contribution in [0.1, 0.15) is 11.1 Å². The Kier molecular flexibility index (Phi) is 6.17. The molecule has 0 saturated carbocycles. The molecule has 4 aromatic rings. The summed E-state index contributed by atoms with van der Waals surface area (Å²) in [6.07, 6.45) is 0. The fourth-order valence-electron chi connectivity index (χ4n) is 3.10. The highest BCUT2D eigenvalue weighted by Gasteiger charge is 2.13. The predicted octanol–water partition coefficient (Wildman–Crippen LogP) is 5.15. The Bertz CT molecular complexity index is 1130. The molecule has 0 radical (unpaired) electrons. The lowest BCUT2D eigenvalue weighted by atomic mass is 10.2. The average Bonchev–Trinajstić information content (AvgIpc) is 3.10. The molecule has 0 fully saturated rings. The SMILES string of the molecule is O=C(CSc1nc2ccccc2n1Cc1ccccc1)NCc1ccccc1Cl. The van der Waals surface area contributed by atoms with E-state index in [1.54, 1.807) is 0 Å². The van der Waals surface area contributed by atoms with E-state index in [9.17, 15) is 4.79 Å². The van der Waals surface area contributed by atoms with Gasteiger partial charge >= 0.3 is 0 Å². The van der Waals surface area contributed by atoms with E-state index in [1.807, 2.05) is 60.7 Å². The molecule has 0 aliphatic heterocycles. The fourth-order valence-corrected chi connectivity index (χ4v) is 4.15. The Balaban J connectivity index is 1.46. The Labute approximate surface area is 178 Å². The van der Waals surface area contributed by atoms with Gasteiger partial charge in [0.25, 0.3) is 0 Å². The molecular formula is C23H20ClN3OS. The third-order valence-electron chi connectivity index (χ3n) is 4.57. The third kappa shape index (κ3) is 4.81. The highest BCUT2D eigenvalue weighted by Crippen LogP contribution is 2.25. The number of fused-ring (bicyclic) bond motifs is 1. The van der Waals surface area contributed by atoms with Crippen LogP contribution >= 0.6 is 23.4 Å². The van der Waals surface area contributed by atoms with Gasteiger partial charge in [-0.15, -0.1) is 0 Å². The smallest absolute Gasteiger partial charge is 0.230 e. The molecule has 1 amide bonds. The number of nitrogens with one attached hydrogen (secondary N) is 1. The highest BCUT2D eigenvalue weighted by molar-refractivity contribution is 7.99. The molecule has 146 valence electrons. The molecule has 4 rings (SSSR count). The zero-order valence-corrected chi connectivity index (χ0v) is 17.3. The van der Waals surface area contributed by atoms with Gasteiger partial charge in [-0.05, 0) is 29.3 Å². The summed E-state index contributed by atoms with van der Waals surface area (Å²) in [5.41, 5.74) is 4.10. The molecule has 3 aromatic carbocycles. The van der Waals surface area contributed by atoms with Gasteiger partial charge in [0.05, 0.1) is 23.3 Å². The Hall–Kier alpha value is -2.76. The number of carbonyl (C=O) groups excluding carboxylic acids is 1. The molecule has 29 heavy (non-hydrogen) atoms. The van der Waals surface area contributed by atoms with Gasteiger partial charge in [0, 0.05) is 11.6 Å². The van der Waals surface area contributed by atoms with E-state index in [2.05, 4.69) is 28.1 Å². The highest BCUT2D eigenvalue weighted by atomic mass is 35.5. The van der Waals surface area contributed by atoms with E-state index < -0.39 is 0 Å². The van der Waals surface area contributed by atoms with Crippen LogP contribution in [0.25, 0.3) is 11.0 Å². The van der Waals surface area contributed by atoms with E-state index in [0.29, 0.717) is 23.9 Å². The van der Waals surface area contributed by atoms with E-state index in [4.69, 9.17) is 16.6 Å². The maximum absolute atomic E-state index is 12.4. The normalized spacial score (nSPS) is 10.9. The van der Waals surface area contributed by atoms with Gasteiger partial charge in [0.15, 0.2) is 5.16 Å². The summed E-state index contributed by atoms with van der Waals surface area (Å²) in [5, 5.41) is 4.43. The van der Waals surface area contributed by atoms with Gasteiger partial charge in [0.1, 0.15) is 0 Å². The van der Waals surface area contributed by atoms with Crippen molar-refractivity contribution >= 4 is 40.3 Å². The first-order valence-corrected chi connectivity index (χ1v) is 10.7. The van der Waals surface area contributed by atoms with Crippen molar-refractivity contribution in [3.63, 3.8) is 0 Å². The van der Waals surface area contributed by atoms with E-state index >= 15 is 0 Å². The number of hydrogen-bond acceptors (Lipinski definition) is 3. The molecule has 0 spiro atoms. The van der Waals surface area contributed by atoms with Gasteiger partial charge < -0.3 is 9.88 Å². The van der Waals surface area contributed by atoms with Gasteiger partial charge in [-0.25, -0.2) is 4.98 Å². The lowest BCUT2D eigenvalue weighted by molar-refractivity contribution is -0.118. The number of aromatic nitrogens is 2. The van der Waals surface area contributed by atoms with Crippen molar-refractivity contribution in [1.29, 1.82) is 0 Å². The first kappa shape index (κ1) is 19.6. The van der Waals surface area contributed by atoms with Crippen LogP contribution in [0.2, 0.25) is 5.02 Å². The molecule has 0 aliphatic rings. The summed E-state index contributed by atoms with van der Waals surface area (Å²) >= 11 is 7.60. The summed E-state index contributed by atoms with van der Waals surface area (Å²) in [6.45, 7) is 1.13. The zero-order chi connectivity index (χ0) is 20.1. The van der Waals surface area contributed by atoms with Crippen molar-refractivity contribution in [3.8, 4) is 0 Å². The molecule has 1 heterocycles. The monoisotopic (exact) mass is 421 g/mol. The molecule has 1 N–H and O–H groups in total. The number of hydrogen-bond donors (Lipinski definition) is 1. The molecule has 4 nitrogen and oxygen atoms in total. The van der Waals surface area contributed by atoms with Gasteiger partial charge in [-0.2, -0.15) is 0 Å². The molecule has 0 atom stereocenters. The number of imidazole rings is 1. The molecular weight excluding hydrogens is 402 g/mol. The largest absolute Gasteiger partial charge is 0.351 e. The number of amides is 1. The van der Waals surface area contributed by atoms with Crippen LogP contribution in [-0.2, 0) is 17.9 Å². The average molecular weight is 422 g/mol. The van der Waals surface area contributed by atoms with Crippen LogP contribution in [0.15, 0.2) is 84.0 Å². The Morgan fingerprint density at radius 1 is 0.966 bits per heavy atom. The second-order valence-electron chi connectivity index (χ2n) is 6.61. The molecule has 0 saturated heterocycles.